The van der Waals surface area contributed by atoms with Gasteiger partial charge < -0.3 is 15.4 Å². The number of rotatable bonds is 5. The molecule has 0 aliphatic carbocycles. The molecule has 0 atom stereocenters. The first-order chi connectivity index (χ1) is 10.8. The summed E-state index contributed by atoms with van der Waals surface area (Å²) in [5, 5.41) is 19.5. The summed E-state index contributed by atoms with van der Waals surface area (Å²) in [6.45, 7) is 2.97. The monoisotopic (exact) mass is 359 g/mol. The maximum absolute atomic E-state index is 13.8. The van der Waals surface area contributed by atoms with Crippen LogP contribution in [0.25, 0.3) is 0 Å². The summed E-state index contributed by atoms with van der Waals surface area (Å²) in [5.41, 5.74) is -3.53. The van der Waals surface area contributed by atoms with E-state index in [4.69, 9.17) is 10.0 Å². The Morgan fingerprint density at radius 3 is 2.08 bits per heavy atom. The summed E-state index contributed by atoms with van der Waals surface area (Å²) in [5.74, 6) is -13.4. The number of carbonyl (C=O) groups is 1. The quantitative estimate of drug-likeness (QED) is 0.427. The number of hydrogen-bond donors (Lipinski definition) is 3. The third kappa shape index (κ3) is 3.54. The Balaban J connectivity index is 3.56. The number of carbonyl (C=O) groups excluding carboxylic acids is 1. The molecule has 0 unspecified atom stereocenters. The lowest BCUT2D eigenvalue weighted by Gasteiger charge is -2.29. The molecule has 1 rings (SSSR count). The van der Waals surface area contributed by atoms with Gasteiger partial charge in [0.1, 0.15) is 0 Å². The standard InChI is InChI=1S/C12H9BF7NO3/c1-2-9(22)21-8-5-6(13(23)24)3-4-7(8)10(14,15)11(16,17)12(18,19)20/h2-5,23-24H,1H2,(H,21,22). The van der Waals surface area contributed by atoms with Gasteiger partial charge in [-0.1, -0.05) is 18.7 Å². The van der Waals surface area contributed by atoms with E-state index in [2.05, 4.69) is 6.58 Å². The van der Waals surface area contributed by atoms with Crippen molar-refractivity contribution in [3.63, 3.8) is 0 Å². The minimum Gasteiger partial charge on any atom is -0.423 e. The predicted molar refractivity (Wildman–Crippen MR) is 70.0 cm³/mol. The van der Waals surface area contributed by atoms with E-state index in [-0.39, 0.29) is 6.07 Å². The van der Waals surface area contributed by atoms with Crippen LogP contribution in [0.3, 0.4) is 0 Å². The van der Waals surface area contributed by atoms with Crippen LogP contribution in [0.1, 0.15) is 5.56 Å². The molecule has 0 aliphatic rings. The van der Waals surface area contributed by atoms with Gasteiger partial charge in [-0.2, -0.15) is 30.7 Å². The van der Waals surface area contributed by atoms with E-state index < -0.39 is 47.8 Å². The molecular weight excluding hydrogens is 350 g/mol. The fourth-order valence-electron chi connectivity index (χ4n) is 1.63. The van der Waals surface area contributed by atoms with Gasteiger partial charge in [0.25, 0.3) is 0 Å². The summed E-state index contributed by atoms with van der Waals surface area (Å²) >= 11 is 0. The second kappa shape index (κ2) is 6.44. The normalized spacial score (nSPS) is 12.7. The topological polar surface area (TPSA) is 69.6 Å². The highest BCUT2D eigenvalue weighted by Gasteiger charge is 2.74. The molecule has 0 saturated heterocycles. The van der Waals surface area contributed by atoms with Crippen LogP contribution in [0.2, 0.25) is 0 Å². The molecule has 0 aromatic heterocycles. The molecule has 24 heavy (non-hydrogen) atoms. The second-order valence-corrected chi connectivity index (χ2v) is 4.52. The third-order valence-electron chi connectivity index (χ3n) is 2.87. The highest BCUT2D eigenvalue weighted by atomic mass is 19.4. The van der Waals surface area contributed by atoms with Crippen LogP contribution in [-0.2, 0) is 10.7 Å². The summed E-state index contributed by atoms with van der Waals surface area (Å²) in [6.07, 6.45) is -6.02. The smallest absolute Gasteiger partial charge is 0.423 e. The van der Waals surface area contributed by atoms with Crippen molar-refractivity contribution in [1.82, 2.24) is 0 Å². The van der Waals surface area contributed by atoms with Crippen LogP contribution in [0.15, 0.2) is 30.9 Å². The molecule has 0 bridgehead atoms. The Morgan fingerprint density at radius 2 is 1.67 bits per heavy atom. The zero-order chi connectivity index (χ0) is 18.9. The molecule has 1 aromatic carbocycles. The van der Waals surface area contributed by atoms with Gasteiger partial charge in [-0.3, -0.25) is 4.79 Å². The molecule has 0 heterocycles. The van der Waals surface area contributed by atoms with Crippen LogP contribution in [0.5, 0.6) is 0 Å². The lowest BCUT2D eigenvalue weighted by molar-refractivity contribution is -0.359. The van der Waals surface area contributed by atoms with E-state index in [1.807, 2.05) is 0 Å². The molecule has 0 saturated carbocycles. The Kier molecular flexibility index (Phi) is 5.36. The Bertz CT molecular complexity index is 646. The van der Waals surface area contributed by atoms with Gasteiger partial charge in [-0.05, 0) is 17.6 Å². The van der Waals surface area contributed by atoms with E-state index >= 15 is 0 Å². The van der Waals surface area contributed by atoms with Crippen molar-refractivity contribution in [1.29, 1.82) is 0 Å². The van der Waals surface area contributed by atoms with Crippen LogP contribution in [0.4, 0.5) is 36.4 Å². The van der Waals surface area contributed by atoms with E-state index in [9.17, 15) is 35.5 Å². The average molecular weight is 359 g/mol. The van der Waals surface area contributed by atoms with E-state index in [0.29, 0.717) is 18.2 Å². The Morgan fingerprint density at radius 1 is 1.12 bits per heavy atom. The van der Waals surface area contributed by atoms with Crippen molar-refractivity contribution < 1.29 is 45.6 Å². The molecule has 12 heteroatoms. The Hall–Kier alpha value is -2.08. The second-order valence-electron chi connectivity index (χ2n) is 4.52. The van der Waals surface area contributed by atoms with Gasteiger partial charge in [-0.15, -0.1) is 0 Å². The molecular formula is C12H9BF7NO3. The third-order valence-corrected chi connectivity index (χ3v) is 2.87. The van der Waals surface area contributed by atoms with Crippen molar-refractivity contribution >= 4 is 24.2 Å². The number of benzene rings is 1. The number of hydrogen-bond acceptors (Lipinski definition) is 3. The van der Waals surface area contributed by atoms with Crippen molar-refractivity contribution in [2.45, 2.75) is 18.0 Å². The molecule has 0 aliphatic heterocycles. The van der Waals surface area contributed by atoms with Crippen molar-refractivity contribution in [3.8, 4) is 0 Å². The van der Waals surface area contributed by atoms with Gasteiger partial charge in [-0.25, -0.2) is 0 Å². The average Bonchev–Trinajstić information content (AvgIpc) is 2.45. The molecule has 0 radical (unpaired) electrons. The summed E-state index contributed by atoms with van der Waals surface area (Å²) in [6, 6.07) is 1.07. The highest BCUT2D eigenvalue weighted by Crippen LogP contribution is 2.53. The number of halogens is 7. The van der Waals surface area contributed by atoms with Crippen LogP contribution < -0.4 is 10.8 Å². The van der Waals surface area contributed by atoms with Crippen molar-refractivity contribution in [2.24, 2.45) is 0 Å². The first kappa shape index (κ1) is 20.0. The van der Waals surface area contributed by atoms with Gasteiger partial charge in [0.15, 0.2) is 0 Å². The van der Waals surface area contributed by atoms with Gasteiger partial charge in [0.2, 0.25) is 5.91 Å². The van der Waals surface area contributed by atoms with Crippen LogP contribution >= 0.6 is 0 Å². The van der Waals surface area contributed by atoms with Gasteiger partial charge in [0, 0.05) is 0 Å². The fraction of sp³-hybridized carbons (Fsp3) is 0.250. The van der Waals surface area contributed by atoms with E-state index in [0.717, 1.165) is 0 Å². The molecule has 1 amide bonds. The van der Waals surface area contributed by atoms with E-state index in [1.165, 1.54) is 0 Å². The number of alkyl halides is 7. The number of nitrogens with one attached hydrogen (secondary N) is 1. The predicted octanol–water partition coefficient (Wildman–Crippen LogP) is 1.78. The lowest BCUT2D eigenvalue weighted by atomic mass is 9.79. The van der Waals surface area contributed by atoms with E-state index in [1.54, 1.807) is 5.32 Å². The number of amides is 1. The fourth-order valence-corrected chi connectivity index (χ4v) is 1.63. The molecule has 132 valence electrons. The number of anilines is 1. The first-order valence-electron chi connectivity index (χ1n) is 6.02. The van der Waals surface area contributed by atoms with Gasteiger partial charge >= 0.3 is 25.1 Å². The summed E-state index contributed by atoms with van der Waals surface area (Å²) in [4.78, 5) is 11.2. The summed E-state index contributed by atoms with van der Waals surface area (Å²) < 4.78 is 90.7. The minimum atomic E-state index is -6.56. The summed E-state index contributed by atoms with van der Waals surface area (Å²) in [7, 11) is -2.24. The molecule has 3 N–H and O–H groups in total. The first-order valence-corrected chi connectivity index (χ1v) is 6.02. The maximum Gasteiger partial charge on any atom is 0.488 e. The molecule has 0 spiro atoms. The zero-order valence-corrected chi connectivity index (χ0v) is 11.5. The largest absolute Gasteiger partial charge is 0.488 e. The van der Waals surface area contributed by atoms with Crippen LogP contribution in [-0.4, -0.2) is 35.2 Å². The zero-order valence-electron chi connectivity index (χ0n) is 11.5. The minimum absolute atomic E-state index is 0.132. The van der Waals surface area contributed by atoms with Crippen molar-refractivity contribution in [2.75, 3.05) is 5.32 Å². The van der Waals surface area contributed by atoms with Gasteiger partial charge in [0.05, 0.1) is 11.3 Å². The maximum atomic E-state index is 13.8. The SMILES string of the molecule is C=CC(=O)Nc1cc(B(O)O)ccc1C(F)(F)C(F)(F)C(F)(F)F. The van der Waals surface area contributed by atoms with Crippen molar-refractivity contribution in [3.05, 3.63) is 36.4 Å². The molecule has 1 aromatic rings. The lowest BCUT2D eigenvalue weighted by Crippen LogP contribution is -2.50. The molecule has 0 fully saturated rings. The highest BCUT2D eigenvalue weighted by molar-refractivity contribution is 6.58. The van der Waals surface area contributed by atoms with Crippen LogP contribution in [0, 0.1) is 0 Å². The molecule has 4 nitrogen and oxygen atoms in total. The Labute approximate surface area is 130 Å².